The summed E-state index contributed by atoms with van der Waals surface area (Å²) >= 11 is 0. The van der Waals surface area contributed by atoms with E-state index < -0.39 is 18.0 Å². The van der Waals surface area contributed by atoms with Gasteiger partial charge in [-0.1, -0.05) is 6.92 Å². The maximum Gasteiger partial charge on any atom is 0.326 e. The second kappa shape index (κ2) is 5.69. The van der Waals surface area contributed by atoms with Crippen molar-refractivity contribution in [2.24, 2.45) is 0 Å². The van der Waals surface area contributed by atoms with Gasteiger partial charge in [-0.15, -0.1) is 0 Å². The molecule has 16 heavy (non-hydrogen) atoms. The lowest BCUT2D eigenvalue weighted by Gasteiger charge is -2.34. The molecule has 0 aromatic rings. The Hall–Kier alpha value is -1.30. The normalized spacial score (nSPS) is 25.4. The van der Waals surface area contributed by atoms with Crippen molar-refractivity contribution in [1.29, 1.82) is 0 Å². The summed E-state index contributed by atoms with van der Waals surface area (Å²) in [6.45, 7) is 1.71. The van der Waals surface area contributed by atoms with Crippen LogP contribution in [0.5, 0.6) is 0 Å². The van der Waals surface area contributed by atoms with Gasteiger partial charge in [-0.25, -0.2) is 9.59 Å². The van der Waals surface area contributed by atoms with Gasteiger partial charge in [0.2, 0.25) is 0 Å². The molecule has 1 aliphatic rings. The molecular formula is C10H18N2O4. The highest BCUT2D eigenvalue weighted by Crippen LogP contribution is 2.22. The Morgan fingerprint density at radius 1 is 1.50 bits per heavy atom. The maximum atomic E-state index is 11.4. The predicted molar refractivity (Wildman–Crippen MR) is 57.2 cm³/mol. The van der Waals surface area contributed by atoms with E-state index in [4.69, 9.17) is 9.84 Å². The van der Waals surface area contributed by atoms with E-state index in [9.17, 15) is 9.59 Å². The lowest BCUT2D eigenvalue weighted by Crippen LogP contribution is -2.53. The van der Waals surface area contributed by atoms with Crippen molar-refractivity contribution in [2.45, 2.75) is 44.4 Å². The minimum atomic E-state index is -1.01. The quantitative estimate of drug-likeness (QED) is 0.635. The van der Waals surface area contributed by atoms with Crippen molar-refractivity contribution in [3.63, 3.8) is 0 Å². The first-order valence-electron chi connectivity index (χ1n) is 5.39. The number of carboxylic acids is 1. The summed E-state index contributed by atoms with van der Waals surface area (Å²) < 4.78 is 5.07. The van der Waals surface area contributed by atoms with E-state index in [0.29, 0.717) is 6.42 Å². The zero-order chi connectivity index (χ0) is 12.1. The smallest absolute Gasteiger partial charge is 0.326 e. The highest BCUT2D eigenvalue weighted by Gasteiger charge is 2.30. The minimum absolute atomic E-state index is 0.0938. The number of nitrogens with one attached hydrogen (secondary N) is 2. The molecule has 1 saturated carbocycles. The van der Waals surface area contributed by atoms with Crippen LogP contribution in [0.15, 0.2) is 0 Å². The van der Waals surface area contributed by atoms with Crippen LogP contribution in [0.4, 0.5) is 4.79 Å². The van der Waals surface area contributed by atoms with Gasteiger partial charge < -0.3 is 20.5 Å². The van der Waals surface area contributed by atoms with Crippen molar-refractivity contribution < 1.29 is 19.4 Å². The number of aliphatic carboxylic acids is 1. The third-order valence-corrected chi connectivity index (χ3v) is 2.78. The van der Waals surface area contributed by atoms with Gasteiger partial charge in [0.1, 0.15) is 6.04 Å². The molecule has 0 aromatic carbocycles. The first-order valence-corrected chi connectivity index (χ1v) is 5.39. The average molecular weight is 230 g/mol. The summed E-state index contributed by atoms with van der Waals surface area (Å²) in [7, 11) is 1.64. The highest BCUT2D eigenvalue weighted by molar-refractivity contribution is 5.82. The summed E-state index contributed by atoms with van der Waals surface area (Å²) in [5, 5.41) is 13.9. The number of hydrogen-bond donors (Lipinski definition) is 3. The first-order chi connectivity index (χ1) is 7.56. The summed E-state index contributed by atoms with van der Waals surface area (Å²) in [6.07, 6.45) is 2.15. The predicted octanol–water partition coefficient (Wildman–Crippen LogP) is 0.326. The molecule has 0 heterocycles. The van der Waals surface area contributed by atoms with Gasteiger partial charge >= 0.3 is 12.0 Å². The third kappa shape index (κ3) is 3.37. The van der Waals surface area contributed by atoms with Gasteiger partial charge in [-0.3, -0.25) is 0 Å². The molecule has 0 unspecified atom stereocenters. The minimum Gasteiger partial charge on any atom is -0.480 e. The molecule has 0 spiro atoms. The second-order valence-corrected chi connectivity index (χ2v) is 3.94. The Labute approximate surface area is 94.3 Å². The van der Waals surface area contributed by atoms with Crippen LogP contribution in [0.1, 0.15) is 26.2 Å². The van der Waals surface area contributed by atoms with Crippen LogP contribution < -0.4 is 10.6 Å². The Bertz CT molecular complexity index is 264. The van der Waals surface area contributed by atoms with Gasteiger partial charge in [-0.05, 0) is 19.3 Å². The van der Waals surface area contributed by atoms with Gasteiger partial charge in [0.25, 0.3) is 0 Å². The first kappa shape index (κ1) is 12.8. The van der Waals surface area contributed by atoms with Crippen LogP contribution in [0.2, 0.25) is 0 Å². The number of rotatable bonds is 5. The molecule has 2 amide bonds. The standard InChI is InChI=1S/C10H18N2O4/c1-3-8(9(13)14)12-10(15)11-6-4-7(5-6)16-2/h6-8H,3-5H2,1-2H3,(H,13,14)(H2,11,12,15)/t6?,7?,8-/m1/s1. The Kier molecular flexibility index (Phi) is 4.54. The molecule has 92 valence electrons. The molecule has 0 aromatic heterocycles. The van der Waals surface area contributed by atoms with E-state index >= 15 is 0 Å². The van der Waals surface area contributed by atoms with E-state index in [2.05, 4.69) is 10.6 Å². The molecular weight excluding hydrogens is 212 g/mol. The van der Waals surface area contributed by atoms with Crippen LogP contribution in [0.3, 0.4) is 0 Å². The molecule has 0 saturated heterocycles. The fourth-order valence-corrected chi connectivity index (χ4v) is 1.60. The summed E-state index contributed by atoms with van der Waals surface area (Å²) in [5.41, 5.74) is 0. The molecule has 1 atom stereocenters. The van der Waals surface area contributed by atoms with Crippen LogP contribution in [-0.2, 0) is 9.53 Å². The molecule has 6 heteroatoms. The molecule has 3 N–H and O–H groups in total. The van der Waals surface area contributed by atoms with Crippen molar-refractivity contribution >= 4 is 12.0 Å². The average Bonchev–Trinajstić information content (AvgIpc) is 2.18. The fourth-order valence-electron chi connectivity index (χ4n) is 1.60. The highest BCUT2D eigenvalue weighted by atomic mass is 16.5. The van der Waals surface area contributed by atoms with Crippen molar-refractivity contribution in [2.75, 3.05) is 7.11 Å². The Balaban J connectivity index is 2.23. The number of amides is 2. The number of ether oxygens (including phenoxy) is 1. The van der Waals surface area contributed by atoms with Crippen molar-refractivity contribution in [3.05, 3.63) is 0 Å². The topological polar surface area (TPSA) is 87.7 Å². The molecule has 1 fully saturated rings. The van der Waals surface area contributed by atoms with E-state index in [-0.39, 0.29) is 12.1 Å². The monoisotopic (exact) mass is 230 g/mol. The summed E-state index contributed by atoms with van der Waals surface area (Å²) in [5.74, 6) is -1.01. The molecule has 0 radical (unpaired) electrons. The molecule has 1 rings (SSSR count). The van der Waals surface area contributed by atoms with Crippen LogP contribution in [-0.4, -0.2) is 42.4 Å². The fraction of sp³-hybridized carbons (Fsp3) is 0.800. The number of carbonyl (C=O) groups excluding carboxylic acids is 1. The Morgan fingerprint density at radius 2 is 2.12 bits per heavy atom. The number of carboxylic acid groups (broad SMARTS) is 1. The largest absolute Gasteiger partial charge is 0.480 e. The molecule has 0 bridgehead atoms. The SMILES string of the molecule is CC[C@@H](NC(=O)NC1CC(OC)C1)C(=O)O. The molecule has 6 nitrogen and oxygen atoms in total. The van der Waals surface area contributed by atoms with E-state index in [1.807, 2.05) is 0 Å². The third-order valence-electron chi connectivity index (χ3n) is 2.78. The van der Waals surface area contributed by atoms with Gasteiger partial charge in [-0.2, -0.15) is 0 Å². The van der Waals surface area contributed by atoms with Gasteiger partial charge in [0.05, 0.1) is 6.10 Å². The summed E-state index contributed by atoms with van der Waals surface area (Å²) in [6, 6.07) is -1.15. The second-order valence-electron chi connectivity index (χ2n) is 3.94. The zero-order valence-corrected chi connectivity index (χ0v) is 9.53. The van der Waals surface area contributed by atoms with Gasteiger partial charge in [0.15, 0.2) is 0 Å². The lowest BCUT2D eigenvalue weighted by molar-refractivity contribution is -0.139. The van der Waals surface area contributed by atoms with Crippen LogP contribution in [0.25, 0.3) is 0 Å². The maximum absolute atomic E-state index is 11.4. The summed E-state index contributed by atoms with van der Waals surface area (Å²) in [4.78, 5) is 22.1. The van der Waals surface area contributed by atoms with Crippen molar-refractivity contribution in [3.8, 4) is 0 Å². The molecule has 1 aliphatic carbocycles. The van der Waals surface area contributed by atoms with E-state index in [1.54, 1.807) is 14.0 Å². The zero-order valence-electron chi connectivity index (χ0n) is 9.53. The number of methoxy groups -OCH3 is 1. The number of carbonyl (C=O) groups is 2. The van der Waals surface area contributed by atoms with Crippen molar-refractivity contribution in [1.82, 2.24) is 10.6 Å². The Morgan fingerprint density at radius 3 is 2.56 bits per heavy atom. The van der Waals surface area contributed by atoms with E-state index in [1.165, 1.54) is 0 Å². The molecule has 0 aliphatic heterocycles. The number of urea groups is 1. The van der Waals surface area contributed by atoms with E-state index in [0.717, 1.165) is 12.8 Å². The van der Waals surface area contributed by atoms with Crippen LogP contribution >= 0.6 is 0 Å². The lowest BCUT2D eigenvalue weighted by atomic mass is 9.89. The van der Waals surface area contributed by atoms with Gasteiger partial charge in [0, 0.05) is 13.2 Å². The van der Waals surface area contributed by atoms with Crippen LogP contribution in [0, 0.1) is 0 Å². The number of hydrogen-bond acceptors (Lipinski definition) is 3.